The molecule has 0 aromatic heterocycles. The van der Waals surface area contributed by atoms with Crippen LogP contribution in [0.3, 0.4) is 0 Å². The van der Waals surface area contributed by atoms with E-state index < -0.39 is 0 Å². The molecule has 4 heteroatoms. The summed E-state index contributed by atoms with van der Waals surface area (Å²) < 4.78 is 0. The van der Waals surface area contributed by atoms with Gasteiger partial charge in [0.2, 0.25) is 0 Å². The van der Waals surface area contributed by atoms with Gasteiger partial charge in [-0.05, 0) is 18.5 Å². The van der Waals surface area contributed by atoms with Gasteiger partial charge in [-0.3, -0.25) is 0 Å². The molecule has 1 aromatic carbocycles. The van der Waals surface area contributed by atoms with Crippen LogP contribution in [0.1, 0.15) is 20.8 Å². The Morgan fingerprint density at radius 1 is 0.875 bits per heavy atom. The molecular weight excluding hydrogens is 297 g/mol. The van der Waals surface area contributed by atoms with Gasteiger partial charge in [0.1, 0.15) is 0 Å². The predicted octanol–water partition coefficient (Wildman–Crippen LogP) is -1.61. The first-order valence-corrected chi connectivity index (χ1v) is 6.63. The molecule has 0 nitrogen and oxygen atoms in total. The van der Waals surface area contributed by atoms with E-state index >= 15 is 0 Å². The first-order valence-electron chi connectivity index (χ1n) is 4.74. The summed E-state index contributed by atoms with van der Waals surface area (Å²) in [5, 5.41) is 0. The Morgan fingerprint density at radius 3 is 1.25 bits per heavy atom. The maximum atomic E-state index is 2.29. The van der Waals surface area contributed by atoms with Gasteiger partial charge in [-0.1, -0.05) is 20.8 Å². The van der Waals surface area contributed by atoms with Gasteiger partial charge >= 0.3 is 18.6 Å². The van der Waals surface area contributed by atoms with Gasteiger partial charge in [0.05, 0.1) is 0 Å². The van der Waals surface area contributed by atoms with E-state index in [9.17, 15) is 0 Å². The summed E-state index contributed by atoms with van der Waals surface area (Å²) in [5.74, 6) is 0. The first kappa shape index (κ1) is 30.2. The molecule has 0 fully saturated rings. The van der Waals surface area contributed by atoms with Crippen LogP contribution in [0.5, 0.6) is 0 Å². The first-order chi connectivity index (χ1) is 5.85. The minimum Gasteiger partial charge on any atom is -1.00 e. The van der Waals surface area contributed by atoms with E-state index in [4.69, 9.17) is 0 Å². The summed E-state index contributed by atoms with van der Waals surface area (Å²) in [6.07, 6.45) is 4.26. The van der Waals surface area contributed by atoms with Crippen LogP contribution in [-0.2, 0) is 18.6 Å². The summed E-state index contributed by atoms with van der Waals surface area (Å²) in [6, 6.07) is 10.0. The third-order valence-corrected chi connectivity index (χ3v) is 4.58. The Morgan fingerprint density at radius 2 is 1.19 bits per heavy atom. The average molecular weight is 320 g/mol. The van der Waals surface area contributed by atoms with Crippen molar-refractivity contribution < 1.29 is 43.4 Å². The Hall–Kier alpha value is 0.944. The van der Waals surface area contributed by atoms with E-state index in [0.29, 0.717) is 7.92 Å². The van der Waals surface area contributed by atoms with Crippen molar-refractivity contribution in [3.05, 3.63) is 37.8 Å². The summed E-state index contributed by atoms with van der Waals surface area (Å²) >= 11 is 0. The second kappa shape index (κ2) is 25.0. The minimum atomic E-state index is 0. The predicted molar refractivity (Wildman–Crippen MR) is 67.0 cm³/mol. The van der Waals surface area contributed by atoms with Crippen LogP contribution < -0.4 is 24.8 Å². The smallest absolute Gasteiger partial charge is 1.00 e. The van der Waals surface area contributed by atoms with Crippen molar-refractivity contribution >= 4 is 7.92 Å². The molecule has 1 radical (unpaired) electrons. The molecule has 0 N–H and O–H groups in total. The molecule has 0 amide bonds. The second-order valence-corrected chi connectivity index (χ2v) is 5.82. The van der Waals surface area contributed by atoms with Gasteiger partial charge in [-0.25, -0.2) is 12.1 Å². The minimum absolute atomic E-state index is 0. The van der Waals surface area contributed by atoms with E-state index in [1.807, 2.05) is 30.3 Å². The normalized spacial score (nSPS) is 7.00. The zero-order valence-corrected chi connectivity index (χ0v) is 14.5. The van der Waals surface area contributed by atoms with Crippen molar-refractivity contribution in [2.24, 2.45) is 0 Å². The Balaban J connectivity index is -0.0000000411. The molecule has 0 aliphatic carbocycles. The molecule has 0 saturated heterocycles. The van der Waals surface area contributed by atoms with Crippen molar-refractivity contribution in [3.8, 4) is 0 Å². The fraction of sp³-hybridized carbons (Fsp3) is 0.500. The molecular formula is C12H23Cl2PV. The summed E-state index contributed by atoms with van der Waals surface area (Å²) in [4.78, 5) is 0. The molecule has 0 atom stereocenters. The van der Waals surface area contributed by atoms with Gasteiger partial charge in [0.15, 0.2) is 0 Å². The van der Waals surface area contributed by atoms with Gasteiger partial charge in [-0.15, -0.1) is 7.92 Å². The summed E-state index contributed by atoms with van der Waals surface area (Å²) in [7, 11) is 0.446. The fourth-order valence-electron chi connectivity index (χ4n) is 0.992. The molecule has 0 bridgehead atoms. The zero-order chi connectivity index (χ0) is 9.23. The molecule has 0 spiro atoms. The number of halogens is 2. The van der Waals surface area contributed by atoms with Gasteiger partial charge < -0.3 is 32.2 Å². The van der Waals surface area contributed by atoms with Crippen molar-refractivity contribution in [2.45, 2.75) is 20.8 Å². The van der Waals surface area contributed by atoms with E-state index in [1.165, 1.54) is 18.5 Å². The van der Waals surface area contributed by atoms with Gasteiger partial charge in [0, 0.05) is 0 Å². The number of hydrogen-bond acceptors (Lipinski definition) is 0. The van der Waals surface area contributed by atoms with Crippen molar-refractivity contribution in [1.82, 2.24) is 0 Å². The molecule has 95 valence electrons. The topological polar surface area (TPSA) is 0 Å². The SMILES string of the molecule is CCP(CC)CC.[CH3-].[Cl-].[Cl-].[V+4].c1cc[cH-]c1. The largest absolute Gasteiger partial charge is 4.00 e. The molecule has 0 heterocycles. The Kier molecular flexibility index (Phi) is 47.1. The zero-order valence-electron chi connectivity index (χ0n) is 10.7. The number of rotatable bonds is 3. The second-order valence-electron chi connectivity index (χ2n) is 2.58. The quantitative estimate of drug-likeness (QED) is 0.464. The van der Waals surface area contributed by atoms with E-state index in [0.717, 1.165) is 0 Å². The molecule has 1 rings (SSSR count). The maximum Gasteiger partial charge on any atom is 4.00 e. The van der Waals surface area contributed by atoms with E-state index in [2.05, 4.69) is 20.8 Å². The van der Waals surface area contributed by atoms with Crippen molar-refractivity contribution in [1.29, 1.82) is 0 Å². The van der Waals surface area contributed by atoms with Gasteiger partial charge in [0.25, 0.3) is 0 Å². The van der Waals surface area contributed by atoms with Crippen LogP contribution >= 0.6 is 7.92 Å². The molecule has 0 unspecified atom stereocenters. The third-order valence-electron chi connectivity index (χ3n) is 1.90. The van der Waals surface area contributed by atoms with Crippen LogP contribution in [0.25, 0.3) is 0 Å². The van der Waals surface area contributed by atoms with E-state index in [-0.39, 0.29) is 50.8 Å². The maximum absolute atomic E-state index is 2.29. The standard InChI is InChI=1S/C6H15P.C5H5.CH3.2ClH.V/c1-4-7(5-2)6-3;1-2-4-5-3-1;;;;/h4-6H2,1-3H3;1-5H;1H3;2*1H;/q;2*-1;;;+4/p-2. The van der Waals surface area contributed by atoms with Gasteiger partial charge in [-0.2, -0.15) is 18.2 Å². The number of hydrogen-bond donors (Lipinski definition) is 0. The monoisotopic (exact) mass is 319 g/mol. The molecule has 16 heavy (non-hydrogen) atoms. The summed E-state index contributed by atoms with van der Waals surface area (Å²) in [6.45, 7) is 6.87. The molecule has 0 aliphatic heterocycles. The van der Waals surface area contributed by atoms with Crippen LogP contribution in [0.4, 0.5) is 0 Å². The molecule has 1 aromatic rings. The van der Waals surface area contributed by atoms with Crippen molar-refractivity contribution in [3.63, 3.8) is 0 Å². The van der Waals surface area contributed by atoms with E-state index in [1.54, 1.807) is 0 Å². The molecule has 0 aliphatic rings. The average Bonchev–Trinajstić information content (AvgIpc) is 2.64. The van der Waals surface area contributed by atoms with Crippen LogP contribution in [0.15, 0.2) is 30.3 Å². The van der Waals surface area contributed by atoms with Crippen LogP contribution in [0.2, 0.25) is 0 Å². The third kappa shape index (κ3) is 20.4. The van der Waals surface area contributed by atoms with Crippen molar-refractivity contribution in [2.75, 3.05) is 18.5 Å². The fourth-order valence-corrected chi connectivity index (χ4v) is 2.33. The van der Waals surface area contributed by atoms with Crippen LogP contribution in [0, 0.1) is 7.43 Å². The Labute approximate surface area is 128 Å². The Bertz CT molecular complexity index is 131. The van der Waals surface area contributed by atoms with Crippen LogP contribution in [-0.4, -0.2) is 18.5 Å². The summed E-state index contributed by atoms with van der Waals surface area (Å²) in [5.41, 5.74) is 0. The molecule has 0 saturated carbocycles.